The zero-order chi connectivity index (χ0) is 22.2. The third kappa shape index (κ3) is 4.31. The van der Waals surface area contributed by atoms with Crippen molar-refractivity contribution in [2.45, 2.75) is 52.0 Å². The third-order valence-electron chi connectivity index (χ3n) is 5.38. The van der Waals surface area contributed by atoms with Gasteiger partial charge in [0.05, 0.1) is 22.4 Å². The van der Waals surface area contributed by atoms with E-state index in [1.807, 2.05) is 26.0 Å². The third-order valence-corrected chi connectivity index (χ3v) is 5.58. The molecule has 30 heavy (non-hydrogen) atoms. The Morgan fingerprint density at radius 2 is 1.97 bits per heavy atom. The van der Waals surface area contributed by atoms with E-state index in [2.05, 4.69) is 16.3 Å². The van der Waals surface area contributed by atoms with Crippen LogP contribution in [-0.2, 0) is 14.4 Å². The van der Waals surface area contributed by atoms with Crippen molar-refractivity contribution in [3.05, 3.63) is 46.2 Å². The summed E-state index contributed by atoms with van der Waals surface area (Å²) in [5, 5.41) is 7.43. The molecule has 0 spiro atoms. The summed E-state index contributed by atoms with van der Waals surface area (Å²) in [6.45, 7) is 7.15. The van der Waals surface area contributed by atoms with Gasteiger partial charge in [-0.3, -0.25) is 14.4 Å². The molecule has 2 atom stereocenters. The minimum Gasteiger partial charge on any atom is -0.340 e. The Labute approximate surface area is 181 Å². The summed E-state index contributed by atoms with van der Waals surface area (Å²) in [4.78, 5) is 38.2. The quantitative estimate of drug-likeness (QED) is 0.588. The molecular formula is C23H24ClN3O3. The first-order chi connectivity index (χ1) is 14.0. The highest BCUT2D eigenvalue weighted by Crippen LogP contribution is 2.38. The largest absolute Gasteiger partial charge is 0.340 e. The maximum atomic E-state index is 13.1. The first kappa shape index (κ1) is 21.8. The summed E-state index contributed by atoms with van der Waals surface area (Å²) in [7, 11) is 0. The van der Waals surface area contributed by atoms with E-state index >= 15 is 0 Å². The van der Waals surface area contributed by atoms with Gasteiger partial charge in [0, 0.05) is 25.0 Å². The van der Waals surface area contributed by atoms with Gasteiger partial charge in [0.15, 0.2) is 5.78 Å². The highest BCUT2D eigenvalue weighted by molar-refractivity contribution is 6.30. The molecule has 2 aromatic rings. The van der Waals surface area contributed by atoms with E-state index in [-0.39, 0.29) is 30.3 Å². The average Bonchev–Trinajstić information content (AvgIpc) is 3.19. The topological polar surface area (TPSA) is 81.1 Å². The molecule has 1 aromatic carbocycles. The molecule has 1 N–H and O–H groups in total. The zero-order valence-electron chi connectivity index (χ0n) is 17.5. The smallest absolute Gasteiger partial charge is 0.221 e. The van der Waals surface area contributed by atoms with Gasteiger partial charge in [0.2, 0.25) is 5.91 Å². The van der Waals surface area contributed by atoms with Crippen LogP contribution in [0, 0.1) is 32.1 Å². The van der Waals surface area contributed by atoms with Crippen molar-refractivity contribution >= 4 is 29.1 Å². The fourth-order valence-electron chi connectivity index (χ4n) is 3.97. The molecule has 1 aromatic heterocycles. The predicted octanol–water partition coefficient (Wildman–Crippen LogP) is 3.30. The number of carbonyl (C=O) groups is 3. The number of hydrogen-bond donors (Lipinski definition) is 1. The fourth-order valence-corrected chi connectivity index (χ4v) is 4.11. The second-order valence-corrected chi connectivity index (χ2v) is 8.76. The van der Waals surface area contributed by atoms with Crippen LogP contribution in [0.25, 0.3) is 5.69 Å². The van der Waals surface area contributed by atoms with Crippen molar-refractivity contribution in [3.63, 3.8) is 0 Å². The molecule has 1 heterocycles. The van der Waals surface area contributed by atoms with E-state index in [1.165, 1.54) is 0 Å². The van der Waals surface area contributed by atoms with E-state index < -0.39 is 17.4 Å². The van der Waals surface area contributed by atoms with Crippen molar-refractivity contribution in [1.29, 1.82) is 0 Å². The van der Waals surface area contributed by atoms with Crippen molar-refractivity contribution in [3.8, 4) is 18.0 Å². The molecule has 7 heteroatoms. The van der Waals surface area contributed by atoms with Gasteiger partial charge in [-0.1, -0.05) is 17.5 Å². The molecule has 0 bridgehead atoms. The fraction of sp³-hybridized carbons (Fsp3) is 0.391. The summed E-state index contributed by atoms with van der Waals surface area (Å²) in [5.74, 6) is 0.300. The zero-order valence-corrected chi connectivity index (χ0v) is 18.2. The molecule has 0 saturated heterocycles. The normalized spacial score (nSPS) is 19.1. The van der Waals surface area contributed by atoms with Crippen LogP contribution in [-0.4, -0.2) is 32.8 Å². The van der Waals surface area contributed by atoms with Crippen LogP contribution in [0.5, 0.6) is 0 Å². The number of Topliss-reactive ketones (excluding diaryl/α,β-unsaturated/α-hetero) is 2. The number of amides is 1. The lowest BCUT2D eigenvalue weighted by Crippen LogP contribution is -2.43. The highest BCUT2D eigenvalue weighted by Gasteiger charge is 2.44. The molecule has 0 radical (unpaired) electrons. The first-order valence-corrected chi connectivity index (χ1v) is 10.1. The molecule has 1 aliphatic carbocycles. The average molecular weight is 426 g/mol. The second-order valence-electron chi connectivity index (χ2n) is 8.32. The lowest BCUT2D eigenvalue weighted by Gasteiger charge is -2.20. The first-order valence-electron chi connectivity index (χ1n) is 9.69. The number of aryl methyl sites for hydroxylation is 2. The molecule has 6 nitrogen and oxygen atoms in total. The summed E-state index contributed by atoms with van der Waals surface area (Å²) in [5.41, 5.74) is 2.34. The van der Waals surface area contributed by atoms with Crippen LogP contribution in [0.3, 0.4) is 0 Å². The van der Waals surface area contributed by atoms with Crippen molar-refractivity contribution in [2.75, 3.05) is 0 Å². The molecule has 1 amide bonds. The van der Waals surface area contributed by atoms with Crippen molar-refractivity contribution < 1.29 is 14.4 Å². The molecule has 1 fully saturated rings. The van der Waals surface area contributed by atoms with Crippen molar-refractivity contribution in [2.24, 2.45) is 5.92 Å². The Morgan fingerprint density at radius 1 is 1.33 bits per heavy atom. The Hall–Kier alpha value is -2.91. The number of aromatic nitrogens is 2. The number of halogens is 1. The van der Waals surface area contributed by atoms with Crippen LogP contribution >= 0.6 is 11.6 Å². The minimum absolute atomic E-state index is 0.0475. The van der Waals surface area contributed by atoms with Gasteiger partial charge in [0.25, 0.3) is 0 Å². The molecule has 2 unspecified atom stereocenters. The Kier molecular flexibility index (Phi) is 5.87. The van der Waals surface area contributed by atoms with E-state index in [4.69, 9.17) is 18.0 Å². The maximum Gasteiger partial charge on any atom is 0.221 e. The molecule has 3 rings (SSSR count). The number of hydrogen-bond acceptors (Lipinski definition) is 4. The number of rotatable bonds is 5. The predicted molar refractivity (Wildman–Crippen MR) is 115 cm³/mol. The summed E-state index contributed by atoms with van der Waals surface area (Å²) in [6, 6.07) is 3.75. The standard InChI is InChI=1S/C23H24ClN3O3/c1-6-23(4,5)26-19(29)10-15-9-18(28)21(22(15)30)20-13(2)7-17(8-14(20)3)27-12-16(24)11-25-27/h1,7-8,11-12,15,21H,9-10H2,2-5H3,(H,26,29). The number of nitrogens with zero attached hydrogens (tertiary/aromatic N) is 2. The van der Waals surface area contributed by atoms with Crippen LogP contribution in [0.4, 0.5) is 0 Å². The number of ketones is 2. The van der Waals surface area contributed by atoms with Crippen LogP contribution in [0.1, 0.15) is 49.3 Å². The van der Waals surface area contributed by atoms with Gasteiger partial charge >= 0.3 is 0 Å². The van der Waals surface area contributed by atoms with Crippen LogP contribution in [0.15, 0.2) is 24.5 Å². The minimum atomic E-state index is -0.848. The van der Waals surface area contributed by atoms with E-state index in [9.17, 15) is 14.4 Å². The number of nitrogens with one attached hydrogen (secondary N) is 1. The monoisotopic (exact) mass is 425 g/mol. The Balaban J connectivity index is 1.84. The van der Waals surface area contributed by atoms with Gasteiger partial charge in [-0.25, -0.2) is 4.68 Å². The van der Waals surface area contributed by atoms with E-state index in [0.29, 0.717) is 10.6 Å². The molecule has 1 aliphatic rings. The number of terminal acetylenes is 1. The lowest BCUT2D eigenvalue weighted by atomic mass is 9.86. The second kappa shape index (κ2) is 8.08. The van der Waals surface area contributed by atoms with Gasteiger partial charge in [0.1, 0.15) is 11.7 Å². The molecule has 1 saturated carbocycles. The van der Waals surface area contributed by atoms with Gasteiger partial charge in [-0.05, 0) is 56.5 Å². The number of carbonyl (C=O) groups excluding carboxylic acids is 3. The van der Waals surface area contributed by atoms with Gasteiger partial charge in [-0.15, -0.1) is 6.42 Å². The maximum absolute atomic E-state index is 13.1. The summed E-state index contributed by atoms with van der Waals surface area (Å²) < 4.78 is 1.64. The van der Waals surface area contributed by atoms with Gasteiger partial charge < -0.3 is 5.32 Å². The molecular weight excluding hydrogens is 402 g/mol. The SMILES string of the molecule is C#CC(C)(C)NC(=O)CC1CC(=O)C(c2c(C)cc(-n3cc(Cl)cn3)cc2C)C1=O. The Bertz CT molecular complexity index is 1050. The van der Waals surface area contributed by atoms with E-state index in [0.717, 1.165) is 16.8 Å². The summed E-state index contributed by atoms with van der Waals surface area (Å²) >= 11 is 5.95. The van der Waals surface area contributed by atoms with Gasteiger partial charge in [-0.2, -0.15) is 5.10 Å². The lowest BCUT2D eigenvalue weighted by molar-refractivity contribution is -0.129. The van der Waals surface area contributed by atoms with Crippen LogP contribution in [0.2, 0.25) is 5.02 Å². The van der Waals surface area contributed by atoms with Crippen LogP contribution < -0.4 is 5.32 Å². The number of benzene rings is 1. The van der Waals surface area contributed by atoms with E-state index in [1.54, 1.807) is 30.9 Å². The van der Waals surface area contributed by atoms with Crippen molar-refractivity contribution in [1.82, 2.24) is 15.1 Å². The molecule has 156 valence electrons. The summed E-state index contributed by atoms with van der Waals surface area (Å²) in [6.07, 6.45) is 8.64. The highest BCUT2D eigenvalue weighted by atomic mass is 35.5. The molecule has 0 aliphatic heterocycles. The Morgan fingerprint density at radius 3 is 2.50 bits per heavy atom.